The van der Waals surface area contributed by atoms with Gasteiger partial charge in [0.1, 0.15) is 6.04 Å². The fraction of sp³-hybridized carbons (Fsp3) is 0.393. The third kappa shape index (κ3) is 4.97. The molecule has 0 bridgehead atoms. The third-order valence-electron chi connectivity index (χ3n) is 6.09. The Kier molecular flexibility index (Phi) is 7.72. The highest BCUT2D eigenvalue weighted by molar-refractivity contribution is 6.12. The van der Waals surface area contributed by atoms with E-state index in [9.17, 15) is 4.79 Å². The van der Waals surface area contributed by atoms with Crippen LogP contribution in [0, 0.1) is 5.92 Å². The number of hydrogen-bond donors (Lipinski definition) is 1. The summed E-state index contributed by atoms with van der Waals surface area (Å²) in [7, 11) is 1.99. The van der Waals surface area contributed by atoms with E-state index in [1.54, 1.807) is 4.52 Å². The molecule has 2 N–H and O–H groups in total. The van der Waals surface area contributed by atoms with Gasteiger partial charge in [0.25, 0.3) is 0 Å². The van der Waals surface area contributed by atoms with Crippen molar-refractivity contribution in [2.24, 2.45) is 16.6 Å². The van der Waals surface area contributed by atoms with Gasteiger partial charge >= 0.3 is 0 Å². The summed E-state index contributed by atoms with van der Waals surface area (Å²) in [5.41, 5.74) is 12.2. The lowest BCUT2D eigenvalue weighted by Gasteiger charge is -2.28. The molecule has 6 heteroatoms. The van der Waals surface area contributed by atoms with Crippen molar-refractivity contribution in [1.29, 1.82) is 0 Å². The summed E-state index contributed by atoms with van der Waals surface area (Å²) < 4.78 is 1.77. The molecule has 0 aromatic carbocycles. The molecular formula is C28H37N5O. The smallest absolute Gasteiger partial charge is 0.191 e. The summed E-state index contributed by atoms with van der Waals surface area (Å²) in [5.74, 6) is 0.237. The molecule has 2 aromatic rings. The Labute approximate surface area is 203 Å². The average molecular weight is 460 g/mol. The lowest BCUT2D eigenvalue weighted by Crippen LogP contribution is -2.34. The van der Waals surface area contributed by atoms with Crippen LogP contribution in [0.3, 0.4) is 0 Å². The Morgan fingerprint density at radius 2 is 1.82 bits per heavy atom. The number of carbonyl (C=O) groups is 1. The van der Waals surface area contributed by atoms with E-state index in [-0.39, 0.29) is 23.7 Å². The summed E-state index contributed by atoms with van der Waals surface area (Å²) in [5, 5.41) is 4.68. The summed E-state index contributed by atoms with van der Waals surface area (Å²) in [6.45, 7) is 16.4. The minimum atomic E-state index is -0.629. The molecule has 1 aliphatic heterocycles. The number of rotatable bonds is 8. The number of nitrogens with zero attached hydrogens (tertiary/aromatic N) is 4. The molecule has 2 aromatic heterocycles. The molecule has 2 atom stereocenters. The summed E-state index contributed by atoms with van der Waals surface area (Å²) in [6, 6.07) is 4.75. The number of aromatic nitrogens is 2. The zero-order valence-corrected chi connectivity index (χ0v) is 21.4. The largest absolute Gasteiger partial charge is 0.351 e. The van der Waals surface area contributed by atoms with Gasteiger partial charge in [0.15, 0.2) is 5.78 Å². The summed E-state index contributed by atoms with van der Waals surface area (Å²) >= 11 is 0. The first kappa shape index (κ1) is 25.4. The number of nitrogens with two attached hydrogens (primary N) is 1. The normalized spacial score (nSPS) is 17.6. The minimum Gasteiger partial charge on any atom is -0.351 e. The molecule has 0 saturated heterocycles. The van der Waals surface area contributed by atoms with Crippen LogP contribution in [0.4, 0.5) is 0 Å². The Morgan fingerprint density at radius 1 is 1.12 bits per heavy atom. The Morgan fingerprint density at radius 3 is 2.41 bits per heavy atom. The van der Waals surface area contributed by atoms with E-state index < -0.39 is 6.04 Å². The summed E-state index contributed by atoms with van der Waals surface area (Å²) in [4.78, 5) is 20.8. The maximum atomic E-state index is 13.8. The zero-order chi connectivity index (χ0) is 25.2. The predicted octanol–water partition coefficient (Wildman–Crippen LogP) is 5.30. The topological polar surface area (TPSA) is 76.0 Å². The predicted molar refractivity (Wildman–Crippen MR) is 141 cm³/mol. The van der Waals surface area contributed by atoms with Crippen molar-refractivity contribution < 1.29 is 4.79 Å². The molecule has 34 heavy (non-hydrogen) atoms. The van der Waals surface area contributed by atoms with Gasteiger partial charge in [0.05, 0.1) is 22.5 Å². The molecule has 6 nitrogen and oxygen atoms in total. The highest BCUT2D eigenvalue weighted by Crippen LogP contribution is 2.29. The molecule has 3 heterocycles. The van der Waals surface area contributed by atoms with Crippen LogP contribution in [0.25, 0.3) is 5.52 Å². The van der Waals surface area contributed by atoms with E-state index in [1.807, 2.05) is 88.5 Å². The lowest BCUT2D eigenvalue weighted by molar-refractivity contribution is 0.0969. The van der Waals surface area contributed by atoms with Crippen LogP contribution in [0.15, 0.2) is 77.2 Å². The number of hydrogen-bond acceptors (Lipinski definition) is 5. The minimum absolute atomic E-state index is 0.0602. The zero-order valence-electron chi connectivity index (χ0n) is 21.4. The van der Waals surface area contributed by atoms with Crippen molar-refractivity contribution in [2.45, 2.75) is 59.5 Å². The molecule has 3 rings (SSSR count). The number of ketones is 1. The molecule has 0 amide bonds. The Balaban J connectivity index is 2.16. The van der Waals surface area contributed by atoms with E-state index in [0.717, 1.165) is 28.1 Å². The third-order valence-corrected chi connectivity index (χ3v) is 6.09. The van der Waals surface area contributed by atoms with Gasteiger partial charge in [0, 0.05) is 36.8 Å². The van der Waals surface area contributed by atoms with E-state index in [4.69, 9.17) is 10.7 Å². The fourth-order valence-corrected chi connectivity index (χ4v) is 4.09. The number of likely N-dealkylation sites (N-methyl/N-ethyl adjacent to an activating group) is 1. The molecule has 0 spiro atoms. The van der Waals surface area contributed by atoms with Crippen molar-refractivity contribution in [1.82, 2.24) is 14.5 Å². The van der Waals surface area contributed by atoms with Crippen molar-refractivity contribution in [3.05, 3.63) is 83.5 Å². The van der Waals surface area contributed by atoms with Crippen LogP contribution in [-0.4, -0.2) is 45.1 Å². The second-order valence-electron chi connectivity index (χ2n) is 9.54. The first-order valence-corrected chi connectivity index (χ1v) is 11.9. The van der Waals surface area contributed by atoms with E-state index in [0.29, 0.717) is 11.3 Å². The van der Waals surface area contributed by atoms with Crippen LogP contribution >= 0.6 is 0 Å². The summed E-state index contributed by atoms with van der Waals surface area (Å²) in [6.07, 6.45) is 9.86. The maximum absolute atomic E-state index is 13.8. The number of fused-ring (bicyclic) bond motifs is 1. The van der Waals surface area contributed by atoms with Gasteiger partial charge < -0.3 is 10.6 Å². The highest BCUT2D eigenvalue weighted by atomic mass is 16.1. The quantitative estimate of drug-likeness (QED) is 0.429. The van der Waals surface area contributed by atoms with Crippen molar-refractivity contribution in [2.75, 3.05) is 7.05 Å². The second kappa shape index (κ2) is 10.3. The number of allylic oxidation sites excluding steroid dienone is 4. The van der Waals surface area contributed by atoms with E-state index in [1.165, 1.54) is 0 Å². The molecule has 0 saturated carbocycles. The van der Waals surface area contributed by atoms with Crippen LogP contribution in [-0.2, 0) is 0 Å². The van der Waals surface area contributed by atoms with Gasteiger partial charge in [-0.1, -0.05) is 46.4 Å². The second-order valence-corrected chi connectivity index (χ2v) is 9.54. The van der Waals surface area contributed by atoms with Gasteiger partial charge in [-0.2, -0.15) is 5.10 Å². The molecule has 1 aliphatic rings. The van der Waals surface area contributed by atoms with Crippen LogP contribution < -0.4 is 5.73 Å². The standard InChI is InChI=1S/C28H37N5O/c1-17(2)19(5)24(22-13-9-11-15-32(22)8)27(20(6)29)30-21(7)28(34)25-23-14-10-12-16-33(23)31-26(25)18(3)4/h9-18,20-21H,5,29H2,1-4,6-8H3/b24-22+,30-27?. The molecule has 0 radical (unpaired) electrons. The van der Waals surface area contributed by atoms with Gasteiger partial charge in [-0.05, 0) is 55.5 Å². The molecule has 0 fully saturated rings. The van der Waals surface area contributed by atoms with Crippen molar-refractivity contribution in [3.8, 4) is 0 Å². The first-order chi connectivity index (χ1) is 16.0. The van der Waals surface area contributed by atoms with Crippen LogP contribution in [0.2, 0.25) is 0 Å². The average Bonchev–Trinajstić information content (AvgIpc) is 3.18. The molecule has 0 aliphatic carbocycles. The number of aliphatic imine (C=N–C) groups is 1. The fourth-order valence-electron chi connectivity index (χ4n) is 4.09. The molecule has 2 unspecified atom stereocenters. The van der Waals surface area contributed by atoms with Gasteiger partial charge in [-0.15, -0.1) is 0 Å². The molecule has 180 valence electrons. The highest BCUT2D eigenvalue weighted by Gasteiger charge is 2.28. The van der Waals surface area contributed by atoms with Crippen LogP contribution in [0.5, 0.6) is 0 Å². The van der Waals surface area contributed by atoms with E-state index in [2.05, 4.69) is 25.5 Å². The SMILES string of the molecule is C=C(/C(C(=NC(C)C(=O)c1c(C(C)C)nn2ccccc12)C(C)N)=C1/C=CC=CN1C)C(C)C. The van der Waals surface area contributed by atoms with Gasteiger partial charge in [-0.25, -0.2) is 4.52 Å². The maximum Gasteiger partial charge on any atom is 0.191 e. The van der Waals surface area contributed by atoms with Gasteiger partial charge in [-0.3, -0.25) is 9.79 Å². The Hall–Kier alpha value is -3.25. The molecular weight excluding hydrogens is 422 g/mol. The Bertz CT molecular complexity index is 1210. The first-order valence-electron chi connectivity index (χ1n) is 11.9. The van der Waals surface area contributed by atoms with Crippen molar-refractivity contribution >= 4 is 17.0 Å². The number of carbonyl (C=O) groups excluding carboxylic acids is 1. The number of Topliss-reactive ketones (excluding diaryl/α,β-unsaturated/α-hetero) is 1. The number of pyridine rings is 1. The van der Waals surface area contributed by atoms with Crippen LogP contribution in [0.1, 0.15) is 63.5 Å². The van der Waals surface area contributed by atoms with Crippen molar-refractivity contribution in [3.63, 3.8) is 0 Å². The van der Waals surface area contributed by atoms with Gasteiger partial charge in [0.2, 0.25) is 0 Å². The van der Waals surface area contributed by atoms with E-state index >= 15 is 0 Å². The lowest BCUT2D eigenvalue weighted by atomic mass is 9.88. The monoisotopic (exact) mass is 459 g/mol.